The van der Waals surface area contributed by atoms with Crippen LogP contribution < -0.4 is 0 Å². The van der Waals surface area contributed by atoms with Crippen LogP contribution in [0.15, 0.2) is 82.0 Å². The Labute approximate surface area is 241 Å². The lowest BCUT2D eigenvalue weighted by Crippen LogP contribution is -2.49. The average Bonchev–Trinajstić information content (AvgIpc) is 3.37. The van der Waals surface area contributed by atoms with Gasteiger partial charge in [0.15, 0.2) is 5.17 Å². The number of thioether (sulfide) groups is 1. The van der Waals surface area contributed by atoms with Crippen molar-refractivity contribution in [3.05, 3.63) is 93.7 Å². The fourth-order valence-corrected chi connectivity index (χ4v) is 6.50. The number of esters is 1. The van der Waals surface area contributed by atoms with Crippen LogP contribution in [0.1, 0.15) is 55.8 Å². The van der Waals surface area contributed by atoms with E-state index in [0.717, 1.165) is 55.6 Å². The van der Waals surface area contributed by atoms with Crippen molar-refractivity contribution in [1.82, 2.24) is 14.7 Å². The van der Waals surface area contributed by atoms with E-state index in [2.05, 4.69) is 72.2 Å². The summed E-state index contributed by atoms with van der Waals surface area (Å²) in [4.78, 5) is 37.7. The largest absolute Gasteiger partial charge is 0.466 e. The Balaban J connectivity index is 1.28. The second-order valence-electron chi connectivity index (χ2n) is 10.8. The Kier molecular flexibility index (Phi) is 8.76. The Morgan fingerprint density at radius 1 is 1.02 bits per heavy atom. The lowest BCUT2D eigenvalue weighted by molar-refractivity contribution is -0.136. The number of nitrogens with zero attached hydrogens (tertiary/aromatic N) is 4. The van der Waals surface area contributed by atoms with Crippen molar-refractivity contribution in [1.29, 1.82) is 0 Å². The van der Waals surface area contributed by atoms with Gasteiger partial charge in [-0.1, -0.05) is 80.2 Å². The molecule has 3 aliphatic rings. The number of carbonyl (C=O) groups excluding carboxylic acids is 2. The maximum Gasteiger partial charge on any atom is 0.338 e. The van der Waals surface area contributed by atoms with E-state index in [0.29, 0.717) is 17.2 Å². The van der Waals surface area contributed by atoms with Gasteiger partial charge in [-0.05, 0) is 41.4 Å². The van der Waals surface area contributed by atoms with Crippen molar-refractivity contribution in [3.8, 4) is 0 Å². The normalized spacial score (nSPS) is 19.5. The van der Waals surface area contributed by atoms with Gasteiger partial charge in [0.25, 0.3) is 0 Å². The van der Waals surface area contributed by atoms with Crippen LogP contribution in [0.2, 0.25) is 0 Å². The maximum atomic E-state index is 13.5. The molecule has 0 spiro atoms. The molecule has 0 aromatic heterocycles. The molecule has 210 valence electrons. The molecule has 8 heteroatoms. The van der Waals surface area contributed by atoms with E-state index < -0.39 is 12.0 Å². The van der Waals surface area contributed by atoms with Crippen LogP contribution in [-0.4, -0.2) is 71.6 Å². The number of aliphatic imine (C=N–C) groups is 1. The Morgan fingerprint density at radius 3 is 2.38 bits per heavy atom. The Morgan fingerprint density at radius 2 is 1.73 bits per heavy atom. The fraction of sp³-hybridized carbons (Fsp3) is 0.406. The Hall–Kier alpha value is -3.36. The van der Waals surface area contributed by atoms with Gasteiger partial charge in [0.1, 0.15) is 0 Å². The third kappa shape index (κ3) is 6.03. The van der Waals surface area contributed by atoms with Crippen LogP contribution in [0.4, 0.5) is 0 Å². The molecule has 0 N–H and O–H groups in total. The molecule has 0 radical (unpaired) electrons. The standard InChI is InChI=1S/C32H38N4O3S/c1-22(2)25-10-12-26(13-11-25)30-29(31(38)39-4)23(3)33-32-36(30)27(21-40-32)20-28(37)35-18-16-34(17-19-35)15-14-24-8-6-5-7-9-24/h5-13,21-22,30H,14-20H2,1-4H3. The van der Waals surface area contributed by atoms with Gasteiger partial charge in [0.05, 0.1) is 30.8 Å². The number of allylic oxidation sites excluding steroid dienone is 1. The van der Waals surface area contributed by atoms with Gasteiger partial charge in [-0.2, -0.15) is 0 Å². The first-order chi connectivity index (χ1) is 19.4. The summed E-state index contributed by atoms with van der Waals surface area (Å²) in [5.74, 6) is 0.118. The monoisotopic (exact) mass is 558 g/mol. The second kappa shape index (κ2) is 12.4. The topological polar surface area (TPSA) is 65.5 Å². The third-order valence-corrected chi connectivity index (χ3v) is 8.83. The number of amides is 1. The van der Waals surface area contributed by atoms with Gasteiger partial charge in [-0.3, -0.25) is 9.69 Å². The summed E-state index contributed by atoms with van der Waals surface area (Å²) >= 11 is 1.51. The number of benzene rings is 2. The van der Waals surface area contributed by atoms with Crippen LogP contribution in [0.25, 0.3) is 0 Å². The maximum absolute atomic E-state index is 13.5. The van der Waals surface area contributed by atoms with Crippen LogP contribution in [0, 0.1) is 0 Å². The molecule has 3 aliphatic heterocycles. The van der Waals surface area contributed by atoms with Crippen LogP contribution in [0.3, 0.4) is 0 Å². The van der Waals surface area contributed by atoms with Gasteiger partial charge >= 0.3 is 5.97 Å². The number of piperazine rings is 1. The predicted octanol–water partition coefficient (Wildman–Crippen LogP) is 5.33. The fourth-order valence-electron chi connectivity index (χ4n) is 5.54. The van der Waals surface area contributed by atoms with Crippen LogP contribution >= 0.6 is 11.8 Å². The van der Waals surface area contributed by atoms with E-state index in [4.69, 9.17) is 9.73 Å². The number of amidine groups is 1. The summed E-state index contributed by atoms with van der Waals surface area (Å²) in [6.07, 6.45) is 1.29. The molecule has 0 bridgehead atoms. The van der Waals surface area contributed by atoms with E-state index >= 15 is 0 Å². The Bertz CT molecular complexity index is 1330. The highest BCUT2D eigenvalue weighted by Gasteiger charge is 2.41. The minimum Gasteiger partial charge on any atom is -0.466 e. The molecule has 2 aromatic carbocycles. The van der Waals surface area contributed by atoms with E-state index in [9.17, 15) is 9.59 Å². The average molecular weight is 559 g/mol. The number of hydrogen-bond acceptors (Lipinski definition) is 7. The zero-order valence-corrected chi connectivity index (χ0v) is 24.6. The van der Waals surface area contributed by atoms with Crippen molar-refractivity contribution in [2.45, 2.75) is 45.6 Å². The van der Waals surface area contributed by atoms with Gasteiger partial charge in [-0.25, -0.2) is 9.79 Å². The van der Waals surface area contributed by atoms with E-state index in [1.165, 1.54) is 30.0 Å². The third-order valence-electron chi connectivity index (χ3n) is 7.94. The molecule has 40 heavy (non-hydrogen) atoms. The SMILES string of the molecule is COC(=O)C1=C(C)N=C2SC=C(CC(=O)N3CCN(CCc4ccccc4)CC3)N2C1c1ccc(C(C)C)cc1. The molecule has 1 unspecified atom stereocenters. The second-order valence-corrected chi connectivity index (χ2v) is 11.7. The quantitative estimate of drug-likeness (QED) is 0.408. The molecule has 3 heterocycles. The molecule has 7 nitrogen and oxygen atoms in total. The number of ether oxygens (including phenoxy) is 1. The first kappa shape index (κ1) is 28.2. The van der Waals surface area contributed by atoms with Crippen molar-refractivity contribution >= 4 is 28.8 Å². The van der Waals surface area contributed by atoms with Gasteiger partial charge in [-0.15, -0.1) is 0 Å². The van der Waals surface area contributed by atoms with Gasteiger partial charge in [0.2, 0.25) is 5.91 Å². The van der Waals surface area contributed by atoms with E-state index in [1.807, 2.05) is 23.3 Å². The summed E-state index contributed by atoms with van der Waals surface area (Å²) in [6, 6.07) is 18.5. The van der Waals surface area contributed by atoms with Crippen molar-refractivity contribution in [3.63, 3.8) is 0 Å². The van der Waals surface area contributed by atoms with Crippen molar-refractivity contribution < 1.29 is 14.3 Å². The first-order valence-corrected chi connectivity index (χ1v) is 14.9. The molecule has 1 amide bonds. The lowest BCUT2D eigenvalue weighted by atomic mass is 9.92. The number of hydrogen-bond donors (Lipinski definition) is 0. The number of methoxy groups -OCH3 is 1. The zero-order valence-electron chi connectivity index (χ0n) is 23.8. The molecule has 2 aromatic rings. The molecular weight excluding hydrogens is 520 g/mol. The highest BCUT2D eigenvalue weighted by molar-refractivity contribution is 8.16. The minimum absolute atomic E-state index is 0.107. The van der Waals surface area contributed by atoms with E-state index in [-0.39, 0.29) is 12.3 Å². The first-order valence-electron chi connectivity index (χ1n) is 14.0. The molecule has 5 rings (SSSR count). The number of carbonyl (C=O) groups is 2. The molecule has 1 fully saturated rings. The highest BCUT2D eigenvalue weighted by atomic mass is 32.2. The van der Waals surface area contributed by atoms with Crippen LogP contribution in [0.5, 0.6) is 0 Å². The summed E-state index contributed by atoms with van der Waals surface area (Å²) < 4.78 is 5.19. The summed E-state index contributed by atoms with van der Waals surface area (Å²) in [5, 5.41) is 2.80. The summed E-state index contributed by atoms with van der Waals surface area (Å²) in [5.41, 5.74) is 5.58. The molecule has 1 saturated heterocycles. The minimum atomic E-state index is -0.398. The zero-order chi connectivity index (χ0) is 28.2. The molecular formula is C32H38N4O3S. The summed E-state index contributed by atoms with van der Waals surface area (Å²) in [7, 11) is 1.40. The van der Waals surface area contributed by atoms with E-state index in [1.54, 1.807) is 0 Å². The highest BCUT2D eigenvalue weighted by Crippen LogP contribution is 2.45. The lowest BCUT2D eigenvalue weighted by Gasteiger charge is -2.38. The smallest absolute Gasteiger partial charge is 0.338 e. The van der Waals surface area contributed by atoms with Gasteiger partial charge in [0, 0.05) is 38.4 Å². The molecule has 0 aliphatic carbocycles. The van der Waals surface area contributed by atoms with Crippen LogP contribution in [-0.2, 0) is 20.7 Å². The summed E-state index contributed by atoms with van der Waals surface area (Å²) in [6.45, 7) is 10.4. The number of fused-ring (bicyclic) bond motifs is 1. The molecule has 0 saturated carbocycles. The van der Waals surface area contributed by atoms with Crippen molar-refractivity contribution in [2.24, 2.45) is 4.99 Å². The predicted molar refractivity (Wildman–Crippen MR) is 161 cm³/mol. The van der Waals surface area contributed by atoms with Gasteiger partial charge < -0.3 is 14.5 Å². The van der Waals surface area contributed by atoms with Crippen molar-refractivity contribution in [2.75, 3.05) is 39.8 Å². The number of rotatable bonds is 8. The molecule has 1 atom stereocenters.